The van der Waals surface area contributed by atoms with Crippen molar-refractivity contribution in [2.75, 3.05) is 14.2 Å². The van der Waals surface area contributed by atoms with E-state index in [4.69, 9.17) is 9.47 Å². The number of hydrogen-bond acceptors (Lipinski definition) is 5. The summed E-state index contributed by atoms with van der Waals surface area (Å²) in [5.74, 6) is -2.42. The van der Waals surface area contributed by atoms with Gasteiger partial charge in [0.05, 0.1) is 31.7 Å². The molecule has 3 rings (SSSR count). The van der Waals surface area contributed by atoms with Crippen molar-refractivity contribution in [1.82, 2.24) is 4.57 Å². The maximum atomic E-state index is 12.8. The fourth-order valence-corrected chi connectivity index (χ4v) is 3.62. The molecule has 0 radical (unpaired) electrons. The smallest absolute Gasteiger partial charge is 0.313 e. The Hall–Kier alpha value is -2.63. The molecule has 0 fully saturated rings. The van der Waals surface area contributed by atoms with Crippen molar-refractivity contribution in [1.29, 1.82) is 0 Å². The van der Waals surface area contributed by atoms with Crippen LogP contribution in [0.4, 0.5) is 0 Å². The third-order valence-electron chi connectivity index (χ3n) is 4.73. The molecule has 1 aliphatic carbocycles. The van der Waals surface area contributed by atoms with Crippen molar-refractivity contribution in [3.63, 3.8) is 0 Å². The van der Waals surface area contributed by atoms with E-state index in [1.54, 1.807) is 11.6 Å². The van der Waals surface area contributed by atoms with Gasteiger partial charge in [-0.2, -0.15) is 0 Å². The van der Waals surface area contributed by atoms with Crippen LogP contribution in [0.2, 0.25) is 0 Å². The number of carbonyl (C=O) groups is 3. The number of rotatable bonds is 2. The van der Waals surface area contributed by atoms with Crippen LogP contribution in [-0.2, 0) is 26.1 Å². The second kappa shape index (κ2) is 6.11. The van der Waals surface area contributed by atoms with Gasteiger partial charge in [-0.3, -0.25) is 14.4 Å². The van der Waals surface area contributed by atoms with Gasteiger partial charge < -0.3 is 14.0 Å². The van der Waals surface area contributed by atoms with Gasteiger partial charge >= 0.3 is 11.9 Å². The molecule has 1 heterocycles. The first kappa shape index (κ1) is 16.2. The second-order valence-electron chi connectivity index (χ2n) is 6.00. The fourth-order valence-electron chi connectivity index (χ4n) is 3.62. The average molecular weight is 329 g/mol. The number of aromatic nitrogens is 1. The molecule has 2 aromatic rings. The van der Waals surface area contributed by atoms with Crippen molar-refractivity contribution >= 4 is 28.6 Å². The van der Waals surface area contributed by atoms with E-state index >= 15 is 0 Å². The lowest BCUT2D eigenvalue weighted by molar-refractivity contribution is -0.147. The van der Waals surface area contributed by atoms with Gasteiger partial charge in [-0.15, -0.1) is 0 Å². The largest absolute Gasteiger partial charge is 0.469 e. The number of fused-ring (bicyclic) bond motifs is 3. The Labute approximate surface area is 139 Å². The zero-order chi connectivity index (χ0) is 17.4. The quantitative estimate of drug-likeness (QED) is 0.624. The maximum absolute atomic E-state index is 12.8. The average Bonchev–Trinajstić information content (AvgIpc) is 2.80. The summed E-state index contributed by atoms with van der Waals surface area (Å²) < 4.78 is 11.5. The van der Waals surface area contributed by atoms with Crippen molar-refractivity contribution in [3.05, 3.63) is 35.5 Å². The Morgan fingerprint density at radius 2 is 1.79 bits per heavy atom. The monoisotopic (exact) mass is 329 g/mol. The first-order chi connectivity index (χ1) is 11.5. The molecule has 0 saturated heterocycles. The molecule has 0 aliphatic heterocycles. The molecule has 0 N–H and O–H groups in total. The number of methoxy groups -OCH3 is 2. The van der Waals surface area contributed by atoms with Crippen LogP contribution in [-0.4, -0.2) is 36.5 Å². The molecule has 0 bridgehead atoms. The van der Waals surface area contributed by atoms with Crippen LogP contribution in [0.25, 0.3) is 10.9 Å². The molecule has 24 heavy (non-hydrogen) atoms. The molecule has 0 saturated carbocycles. The minimum Gasteiger partial charge on any atom is -0.469 e. The number of ether oxygens (including phenoxy) is 2. The van der Waals surface area contributed by atoms with Crippen LogP contribution in [0.1, 0.15) is 34.8 Å². The number of para-hydroxylation sites is 1. The lowest BCUT2D eigenvalue weighted by atomic mass is 9.89. The SMILES string of the molecule is COC(=O)C1CC(=O)c2c(c3ccccc3n2C)C(C(=O)OC)C1. The number of carbonyl (C=O) groups excluding carboxylic acids is 3. The molecule has 2 unspecified atom stereocenters. The van der Waals surface area contributed by atoms with E-state index in [2.05, 4.69) is 0 Å². The maximum Gasteiger partial charge on any atom is 0.313 e. The summed E-state index contributed by atoms with van der Waals surface area (Å²) in [5.41, 5.74) is 2.00. The lowest BCUT2D eigenvalue weighted by Crippen LogP contribution is -2.23. The molecule has 0 spiro atoms. The predicted molar refractivity (Wildman–Crippen MR) is 86.7 cm³/mol. The summed E-state index contributed by atoms with van der Waals surface area (Å²) in [6.07, 6.45) is 0.226. The highest BCUT2D eigenvalue weighted by Gasteiger charge is 2.40. The molecule has 2 atom stereocenters. The molecule has 1 aliphatic rings. The third-order valence-corrected chi connectivity index (χ3v) is 4.73. The van der Waals surface area contributed by atoms with Crippen molar-refractivity contribution in [2.24, 2.45) is 13.0 Å². The fraction of sp³-hybridized carbons (Fsp3) is 0.389. The lowest BCUT2D eigenvalue weighted by Gasteiger charge is -2.17. The van der Waals surface area contributed by atoms with Crippen LogP contribution in [0.15, 0.2) is 24.3 Å². The second-order valence-corrected chi connectivity index (χ2v) is 6.00. The Bertz CT molecular complexity index is 835. The highest BCUT2D eigenvalue weighted by molar-refractivity contribution is 6.07. The number of esters is 2. The molecule has 126 valence electrons. The van der Waals surface area contributed by atoms with E-state index in [0.29, 0.717) is 11.3 Å². The molecular weight excluding hydrogens is 310 g/mol. The third kappa shape index (κ3) is 2.38. The van der Waals surface area contributed by atoms with Gasteiger partial charge in [0.2, 0.25) is 0 Å². The van der Waals surface area contributed by atoms with Crippen LogP contribution in [0.5, 0.6) is 0 Å². The molecule has 0 amide bonds. The number of benzene rings is 1. The highest BCUT2D eigenvalue weighted by Crippen LogP contribution is 2.40. The predicted octanol–water partition coefficient (Wildman–Crippen LogP) is 2.20. The molecule has 1 aromatic carbocycles. The zero-order valence-electron chi connectivity index (χ0n) is 13.9. The minimum absolute atomic E-state index is 0.0251. The van der Waals surface area contributed by atoms with E-state index in [-0.39, 0.29) is 18.6 Å². The van der Waals surface area contributed by atoms with Gasteiger partial charge in [-0.05, 0) is 12.5 Å². The van der Waals surface area contributed by atoms with Crippen molar-refractivity contribution in [3.8, 4) is 0 Å². The van der Waals surface area contributed by atoms with E-state index in [9.17, 15) is 14.4 Å². The number of nitrogens with zero attached hydrogens (tertiary/aromatic N) is 1. The van der Waals surface area contributed by atoms with Gasteiger partial charge in [-0.25, -0.2) is 0 Å². The van der Waals surface area contributed by atoms with Gasteiger partial charge in [0, 0.05) is 29.9 Å². The number of hydrogen-bond donors (Lipinski definition) is 0. The topological polar surface area (TPSA) is 74.6 Å². The number of ketones is 1. The van der Waals surface area contributed by atoms with E-state index < -0.39 is 23.8 Å². The summed E-state index contributed by atoms with van der Waals surface area (Å²) in [5, 5.41) is 0.837. The standard InChI is InChI=1S/C18H19NO5/c1-19-13-7-5-4-6-11(13)15-12(18(22)24-3)8-10(17(21)23-2)9-14(20)16(15)19/h4-7,10,12H,8-9H2,1-3H3. The first-order valence-corrected chi connectivity index (χ1v) is 7.75. The van der Waals surface area contributed by atoms with E-state index in [0.717, 1.165) is 10.9 Å². The summed E-state index contributed by atoms with van der Waals surface area (Å²) in [6, 6.07) is 7.54. The zero-order valence-corrected chi connectivity index (χ0v) is 13.9. The molecule has 6 heteroatoms. The molecule has 6 nitrogen and oxygen atoms in total. The van der Waals surface area contributed by atoms with Crippen LogP contribution >= 0.6 is 0 Å². The highest BCUT2D eigenvalue weighted by atomic mass is 16.5. The summed E-state index contributed by atoms with van der Waals surface area (Å²) in [4.78, 5) is 37.2. The Kier molecular flexibility index (Phi) is 4.13. The first-order valence-electron chi connectivity index (χ1n) is 7.75. The van der Waals surface area contributed by atoms with E-state index in [1.165, 1.54) is 14.2 Å². The van der Waals surface area contributed by atoms with Gasteiger partial charge in [0.25, 0.3) is 0 Å². The summed E-state index contributed by atoms with van der Waals surface area (Å²) in [6.45, 7) is 0. The molecular formula is C18H19NO5. The van der Waals surface area contributed by atoms with E-state index in [1.807, 2.05) is 24.3 Å². The minimum atomic E-state index is -0.674. The molecule has 1 aromatic heterocycles. The van der Waals surface area contributed by atoms with Gasteiger partial charge in [-0.1, -0.05) is 18.2 Å². The van der Waals surface area contributed by atoms with Gasteiger partial charge in [0.1, 0.15) is 0 Å². The Morgan fingerprint density at radius 3 is 2.46 bits per heavy atom. The van der Waals surface area contributed by atoms with Crippen LogP contribution in [0.3, 0.4) is 0 Å². The van der Waals surface area contributed by atoms with Crippen LogP contribution < -0.4 is 0 Å². The number of Topliss-reactive ketones (excluding diaryl/α,β-unsaturated/α-hetero) is 1. The normalized spacial score (nSPS) is 20.4. The van der Waals surface area contributed by atoms with Crippen LogP contribution in [0, 0.1) is 5.92 Å². The van der Waals surface area contributed by atoms with Crippen molar-refractivity contribution in [2.45, 2.75) is 18.8 Å². The number of aryl methyl sites for hydroxylation is 1. The summed E-state index contributed by atoms with van der Waals surface area (Å²) in [7, 11) is 4.40. The van der Waals surface area contributed by atoms with Gasteiger partial charge in [0.15, 0.2) is 5.78 Å². The summed E-state index contributed by atoms with van der Waals surface area (Å²) >= 11 is 0. The Morgan fingerprint density at radius 1 is 1.12 bits per heavy atom. The van der Waals surface area contributed by atoms with Crippen molar-refractivity contribution < 1.29 is 23.9 Å². The Balaban J connectivity index is 2.25.